The van der Waals surface area contributed by atoms with Crippen LogP contribution in [0.5, 0.6) is 0 Å². The van der Waals surface area contributed by atoms with Crippen molar-refractivity contribution in [2.75, 3.05) is 5.32 Å². The molecular weight excluding hydrogens is 270 g/mol. The lowest BCUT2D eigenvalue weighted by Crippen LogP contribution is -2.12. The van der Waals surface area contributed by atoms with Gasteiger partial charge >= 0.3 is 0 Å². The molecule has 0 spiro atoms. The second kappa shape index (κ2) is 4.66. The molecule has 1 N–H and O–H groups in total. The fourth-order valence-electron chi connectivity index (χ4n) is 1.56. The van der Waals surface area contributed by atoms with Crippen LogP contribution in [-0.4, -0.2) is 16.1 Å². The Hall–Kier alpha value is -1.46. The Kier molecular flexibility index (Phi) is 3.01. The standard InChI is InChI=1S/C12H10ClN3OS/c13-9-3-1-2-8(6-9)11-15-16-12(18-11)14-10(17)7-4-5-7/h1-3,6-7H,4-5H2,(H,14,16,17). The minimum Gasteiger partial charge on any atom is -0.300 e. The Balaban J connectivity index is 1.78. The van der Waals surface area contributed by atoms with Gasteiger partial charge in [-0.3, -0.25) is 4.79 Å². The number of aromatic nitrogens is 2. The Morgan fingerprint density at radius 1 is 1.39 bits per heavy atom. The van der Waals surface area contributed by atoms with E-state index >= 15 is 0 Å². The second-order valence-corrected chi connectivity index (χ2v) is 5.60. The van der Waals surface area contributed by atoms with Crippen LogP contribution in [0.25, 0.3) is 10.6 Å². The molecular formula is C12H10ClN3OS. The Labute approximate surface area is 113 Å². The van der Waals surface area contributed by atoms with Crippen LogP contribution in [0, 0.1) is 5.92 Å². The molecule has 0 saturated heterocycles. The van der Waals surface area contributed by atoms with E-state index in [1.54, 1.807) is 0 Å². The van der Waals surface area contributed by atoms with E-state index in [0.29, 0.717) is 10.2 Å². The van der Waals surface area contributed by atoms with Gasteiger partial charge in [-0.25, -0.2) is 0 Å². The summed E-state index contributed by atoms with van der Waals surface area (Å²) in [5, 5.41) is 12.8. The molecule has 0 atom stereocenters. The van der Waals surface area contributed by atoms with Gasteiger partial charge in [0, 0.05) is 16.5 Å². The average Bonchev–Trinajstić information content (AvgIpc) is 3.10. The molecule has 1 amide bonds. The molecule has 1 aromatic carbocycles. The quantitative estimate of drug-likeness (QED) is 0.939. The summed E-state index contributed by atoms with van der Waals surface area (Å²) in [5.41, 5.74) is 0.909. The summed E-state index contributed by atoms with van der Waals surface area (Å²) in [5.74, 6) is 0.215. The molecule has 1 aliphatic carbocycles. The highest BCUT2D eigenvalue weighted by molar-refractivity contribution is 7.18. The van der Waals surface area contributed by atoms with Crippen molar-refractivity contribution in [1.29, 1.82) is 0 Å². The van der Waals surface area contributed by atoms with Gasteiger partial charge in [0.2, 0.25) is 11.0 Å². The van der Waals surface area contributed by atoms with Gasteiger partial charge in [0.15, 0.2) is 0 Å². The van der Waals surface area contributed by atoms with Gasteiger partial charge in [-0.2, -0.15) is 0 Å². The third kappa shape index (κ3) is 2.52. The lowest BCUT2D eigenvalue weighted by Gasteiger charge is -1.97. The van der Waals surface area contributed by atoms with Crippen molar-refractivity contribution in [3.63, 3.8) is 0 Å². The summed E-state index contributed by atoms with van der Waals surface area (Å²) in [6.07, 6.45) is 1.96. The lowest BCUT2D eigenvalue weighted by molar-refractivity contribution is -0.117. The molecule has 1 heterocycles. The molecule has 0 unspecified atom stereocenters. The predicted octanol–water partition coefficient (Wildman–Crippen LogP) is 3.21. The zero-order valence-corrected chi connectivity index (χ0v) is 11.0. The van der Waals surface area contributed by atoms with Gasteiger partial charge in [0.25, 0.3) is 0 Å². The number of benzene rings is 1. The molecule has 18 heavy (non-hydrogen) atoms. The van der Waals surface area contributed by atoms with E-state index in [-0.39, 0.29) is 11.8 Å². The first-order valence-corrected chi connectivity index (χ1v) is 6.82. The Morgan fingerprint density at radius 3 is 2.94 bits per heavy atom. The van der Waals surface area contributed by atoms with E-state index in [2.05, 4.69) is 15.5 Å². The molecule has 3 rings (SSSR count). The van der Waals surface area contributed by atoms with E-state index in [0.717, 1.165) is 23.4 Å². The maximum atomic E-state index is 11.6. The third-order valence-corrected chi connectivity index (χ3v) is 3.80. The molecule has 1 saturated carbocycles. The summed E-state index contributed by atoms with van der Waals surface area (Å²) in [4.78, 5) is 11.6. The van der Waals surface area contributed by atoms with Crippen molar-refractivity contribution >= 4 is 34.0 Å². The fraction of sp³-hybridized carbons (Fsp3) is 0.250. The number of rotatable bonds is 3. The summed E-state index contributed by atoms with van der Waals surface area (Å²) < 4.78 is 0. The molecule has 0 radical (unpaired) electrons. The number of hydrogen-bond donors (Lipinski definition) is 1. The minimum absolute atomic E-state index is 0.0452. The summed E-state index contributed by atoms with van der Waals surface area (Å²) >= 11 is 7.28. The molecule has 4 nitrogen and oxygen atoms in total. The topological polar surface area (TPSA) is 54.9 Å². The van der Waals surface area contributed by atoms with Crippen LogP contribution >= 0.6 is 22.9 Å². The summed E-state index contributed by atoms with van der Waals surface area (Å²) in [6, 6.07) is 7.41. The number of halogens is 1. The number of anilines is 1. The van der Waals surface area contributed by atoms with Crippen molar-refractivity contribution in [3.8, 4) is 10.6 Å². The van der Waals surface area contributed by atoms with Crippen LogP contribution in [-0.2, 0) is 4.79 Å². The largest absolute Gasteiger partial charge is 0.300 e. The molecule has 1 fully saturated rings. The van der Waals surface area contributed by atoms with Crippen molar-refractivity contribution in [2.24, 2.45) is 5.92 Å². The van der Waals surface area contributed by atoms with Gasteiger partial charge in [0.1, 0.15) is 5.01 Å². The SMILES string of the molecule is O=C(Nc1nnc(-c2cccc(Cl)c2)s1)C1CC1. The van der Waals surface area contributed by atoms with Crippen LogP contribution < -0.4 is 5.32 Å². The smallest absolute Gasteiger partial charge is 0.229 e. The van der Waals surface area contributed by atoms with Gasteiger partial charge < -0.3 is 5.32 Å². The molecule has 0 aliphatic heterocycles. The zero-order chi connectivity index (χ0) is 12.5. The monoisotopic (exact) mass is 279 g/mol. The van der Waals surface area contributed by atoms with Crippen molar-refractivity contribution < 1.29 is 4.79 Å². The maximum absolute atomic E-state index is 11.6. The van der Waals surface area contributed by atoms with Crippen LogP contribution in [0.15, 0.2) is 24.3 Å². The number of nitrogens with zero attached hydrogens (tertiary/aromatic N) is 2. The van der Waals surface area contributed by atoms with E-state index in [4.69, 9.17) is 11.6 Å². The predicted molar refractivity (Wildman–Crippen MR) is 71.7 cm³/mol. The van der Waals surface area contributed by atoms with Gasteiger partial charge in [-0.1, -0.05) is 35.1 Å². The second-order valence-electron chi connectivity index (χ2n) is 4.19. The lowest BCUT2D eigenvalue weighted by atomic mass is 10.2. The third-order valence-electron chi connectivity index (χ3n) is 2.67. The number of carbonyl (C=O) groups excluding carboxylic acids is 1. The average molecular weight is 280 g/mol. The van der Waals surface area contributed by atoms with E-state index in [1.165, 1.54) is 11.3 Å². The van der Waals surface area contributed by atoms with Gasteiger partial charge in [0.05, 0.1) is 0 Å². The van der Waals surface area contributed by atoms with Crippen molar-refractivity contribution in [1.82, 2.24) is 10.2 Å². The van der Waals surface area contributed by atoms with Crippen molar-refractivity contribution in [2.45, 2.75) is 12.8 Å². The van der Waals surface area contributed by atoms with Gasteiger partial charge in [-0.15, -0.1) is 10.2 Å². The van der Waals surface area contributed by atoms with Crippen LogP contribution in [0.3, 0.4) is 0 Å². The normalized spacial score (nSPS) is 14.5. The summed E-state index contributed by atoms with van der Waals surface area (Å²) in [7, 11) is 0. The van der Waals surface area contributed by atoms with Crippen LogP contribution in [0.2, 0.25) is 5.02 Å². The highest BCUT2D eigenvalue weighted by Crippen LogP contribution is 2.32. The zero-order valence-electron chi connectivity index (χ0n) is 9.39. The number of carbonyl (C=O) groups is 1. The first-order chi connectivity index (χ1) is 8.72. The summed E-state index contributed by atoms with van der Waals surface area (Å²) in [6.45, 7) is 0. The van der Waals surface area contributed by atoms with E-state index < -0.39 is 0 Å². The first kappa shape index (κ1) is 11.6. The molecule has 92 valence electrons. The fourth-order valence-corrected chi connectivity index (χ4v) is 2.50. The Morgan fingerprint density at radius 2 is 2.22 bits per heavy atom. The van der Waals surface area contributed by atoms with Gasteiger partial charge in [-0.05, 0) is 25.0 Å². The molecule has 0 bridgehead atoms. The molecule has 2 aromatic rings. The van der Waals surface area contributed by atoms with E-state index in [1.807, 2.05) is 24.3 Å². The number of amides is 1. The first-order valence-electron chi connectivity index (χ1n) is 5.63. The highest BCUT2D eigenvalue weighted by atomic mass is 35.5. The number of hydrogen-bond acceptors (Lipinski definition) is 4. The maximum Gasteiger partial charge on any atom is 0.229 e. The molecule has 6 heteroatoms. The minimum atomic E-state index is 0.0452. The van der Waals surface area contributed by atoms with Crippen molar-refractivity contribution in [3.05, 3.63) is 29.3 Å². The highest BCUT2D eigenvalue weighted by Gasteiger charge is 2.30. The molecule has 1 aromatic heterocycles. The van der Waals surface area contributed by atoms with Crippen LogP contribution in [0.1, 0.15) is 12.8 Å². The Bertz CT molecular complexity index is 595. The number of nitrogens with one attached hydrogen (secondary N) is 1. The van der Waals surface area contributed by atoms with Crippen LogP contribution in [0.4, 0.5) is 5.13 Å². The van der Waals surface area contributed by atoms with E-state index in [9.17, 15) is 4.79 Å². The molecule has 1 aliphatic rings.